The van der Waals surface area contributed by atoms with Gasteiger partial charge in [0.05, 0.1) is 14.2 Å². The van der Waals surface area contributed by atoms with Crippen molar-refractivity contribution in [2.24, 2.45) is 5.92 Å². The van der Waals surface area contributed by atoms with Gasteiger partial charge >= 0.3 is 12.1 Å². The topological polar surface area (TPSA) is 91.4 Å². The van der Waals surface area contributed by atoms with Gasteiger partial charge in [-0.1, -0.05) is 30.3 Å². The van der Waals surface area contributed by atoms with Gasteiger partial charge in [0.1, 0.15) is 29.7 Å². The van der Waals surface area contributed by atoms with Crippen molar-refractivity contribution in [3.05, 3.63) is 59.7 Å². The summed E-state index contributed by atoms with van der Waals surface area (Å²) in [6.07, 6.45) is -0.427. The molecule has 1 aliphatic rings. The highest BCUT2D eigenvalue weighted by molar-refractivity contribution is 6.00. The molecular weight excluding hydrogens is 438 g/mol. The van der Waals surface area contributed by atoms with Gasteiger partial charge < -0.3 is 18.9 Å². The first-order chi connectivity index (χ1) is 16.1. The van der Waals surface area contributed by atoms with Crippen molar-refractivity contribution in [1.29, 1.82) is 0 Å². The molecule has 34 heavy (non-hydrogen) atoms. The Kier molecular flexibility index (Phi) is 7.81. The Balaban J connectivity index is 1.82. The second kappa shape index (κ2) is 10.6. The van der Waals surface area contributed by atoms with E-state index in [2.05, 4.69) is 0 Å². The van der Waals surface area contributed by atoms with Gasteiger partial charge in [-0.05, 0) is 56.9 Å². The number of carbonyl (C=O) groups excluding carboxylic acids is 3. The van der Waals surface area contributed by atoms with Crippen molar-refractivity contribution < 1.29 is 33.3 Å². The van der Waals surface area contributed by atoms with Crippen molar-refractivity contribution in [3.8, 4) is 11.5 Å². The van der Waals surface area contributed by atoms with E-state index in [0.717, 1.165) is 16.0 Å². The predicted octanol–water partition coefficient (Wildman–Crippen LogP) is 4.14. The first kappa shape index (κ1) is 25.1. The molecule has 1 heterocycles. The fourth-order valence-electron chi connectivity index (χ4n) is 3.82. The molecule has 8 nitrogen and oxygen atoms in total. The van der Waals surface area contributed by atoms with Gasteiger partial charge in [0.15, 0.2) is 0 Å². The third-order valence-electron chi connectivity index (χ3n) is 5.39. The summed E-state index contributed by atoms with van der Waals surface area (Å²) in [4.78, 5) is 40.1. The Morgan fingerprint density at radius 1 is 0.971 bits per heavy atom. The van der Waals surface area contributed by atoms with Gasteiger partial charge in [-0.2, -0.15) is 0 Å². The number of benzene rings is 2. The van der Waals surface area contributed by atoms with Crippen LogP contribution < -0.4 is 9.47 Å². The Morgan fingerprint density at radius 3 is 2.15 bits per heavy atom. The summed E-state index contributed by atoms with van der Waals surface area (Å²) >= 11 is 0. The molecule has 0 unspecified atom stereocenters. The summed E-state index contributed by atoms with van der Waals surface area (Å²) in [6.45, 7) is 5.15. The van der Waals surface area contributed by atoms with E-state index >= 15 is 0 Å². The predicted molar refractivity (Wildman–Crippen MR) is 124 cm³/mol. The van der Waals surface area contributed by atoms with Crippen molar-refractivity contribution in [2.45, 2.75) is 51.9 Å². The van der Waals surface area contributed by atoms with Crippen LogP contribution in [0.3, 0.4) is 0 Å². The van der Waals surface area contributed by atoms with E-state index in [1.807, 2.05) is 30.3 Å². The molecule has 0 spiro atoms. The quantitative estimate of drug-likeness (QED) is 0.563. The molecule has 2 amide bonds. The number of hydrogen-bond donors (Lipinski definition) is 0. The van der Waals surface area contributed by atoms with Crippen LogP contribution in [-0.2, 0) is 32.1 Å². The maximum absolute atomic E-state index is 13.3. The number of imide groups is 1. The van der Waals surface area contributed by atoms with E-state index in [0.29, 0.717) is 17.9 Å². The van der Waals surface area contributed by atoms with Gasteiger partial charge in [-0.15, -0.1) is 0 Å². The number of esters is 1. The lowest BCUT2D eigenvalue weighted by Gasteiger charge is -2.26. The Hall–Kier alpha value is -3.55. The minimum atomic E-state index is -1.07. The summed E-state index contributed by atoms with van der Waals surface area (Å²) in [5.74, 6) is -0.560. The molecule has 0 aromatic heterocycles. The number of ether oxygens (including phenoxy) is 4. The molecule has 182 valence electrons. The second-order valence-electron chi connectivity index (χ2n) is 9.16. The number of amides is 2. The fourth-order valence-corrected chi connectivity index (χ4v) is 3.82. The average Bonchev–Trinajstić information content (AvgIpc) is 3.12. The Labute approximate surface area is 199 Å². The lowest BCUT2D eigenvalue weighted by Crippen LogP contribution is -2.46. The van der Waals surface area contributed by atoms with E-state index in [9.17, 15) is 14.4 Å². The SMILES string of the molecule is COc1cc(C[C@H]2C[C@H](C(=O)OCc3ccccc3)N(C(=O)OC(C)(C)C)C2=O)cc(OC)c1. The van der Waals surface area contributed by atoms with Crippen molar-refractivity contribution in [2.75, 3.05) is 14.2 Å². The zero-order chi connectivity index (χ0) is 24.9. The molecule has 0 radical (unpaired) electrons. The third-order valence-corrected chi connectivity index (χ3v) is 5.39. The standard InChI is InChI=1S/C26H31NO7/c1-26(2,3)34-25(30)27-22(24(29)33-16-17-9-7-6-8-10-17)14-19(23(27)28)11-18-12-20(31-4)15-21(13-18)32-5/h6-10,12-13,15,19,22H,11,14,16H2,1-5H3/t19-,22+/m0/s1. The molecule has 2 aromatic rings. The van der Waals surface area contributed by atoms with Crippen LogP contribution in [0.1, 0.15) is 38.3 Å². The molecule has 3 rings (SSSR count). The van der Waals surface area contributed by atoms with Gasteiger partial charge in [0, 0.05) is 12.0 Å². The van der Waals surface area contributed by atoms with Gasteiger partial charge in [-0.25, -0.2) is 14.5 Å². The number of methoxy groups -OCH3 is 2. The fraction of sp³-hybridized carbons (Fsp3) is 0.423. The summed E-state index contributed by atoms with van der Waals surface area (Å²) in [5, 5.41) is 0. The molecule has 0 aliphatic carbocycles. The van der Waals surface area contributed by atoms with Crippen molar-refractivity contribution in [3.63, 3.8) is 0 Å². The highest BCUT2D eigenvalue weighted by Gasteiger charge is 2.48. The van der Waals surface area contributed by atoms with Gasteiger partial charge in [-0.3, -0.25) is 4.79 Å². The summed E-state index contributed by atoms with van der Waals surface area (Å²) in [5.41, 5.74) is 0.773. The van der Waals surface area contributed by atoms with E-state index in [-0.39, 0.29) is 13.0 Å². The Bertz CT molecular complexity index is 1010. The van der Waals surface area contributed by atoms with Crippen LogP contribution >= 0.6 is 0 Å². The van der Waals surface area contributed by atoms with Crippen LogP contribution in [-0.4, -0.2) is 48.7 Å². The lowest BCUT2D eigenvalue weighted by atomic mass is 9.96. The zero-order valence-corrected chi connectivity index (χ0v) is 20.2. The van der Waals surface area contributed by atoms with Crippen molar-refractivity contribution >= 4 is 18.0 Å². The zero-order valence-electron chi connectivity index (χ0n) is 20.2. The number of likely N-dealkylation sites (tertiary alicyclic amines) is 1. The number of nitrogens with zero attached hydrogens (tertiary/aromatic N) is 1. The van der Waals surface area contributed by atoms with E-state index in [4.69, 9.17) is 18.9 Å². The minimum Gasteiger partial charge on any atom is -0.497 e. The molecule has 0 N–H and O–H groups in total. The van der Waals surface area contributed by atoms with Gasteiger partial charge in [0.25, 0.3) is 0 Å². The number of rotatable bonds is 7. The molecule has 1 fully saturated rings. The normalized spacial score (nSPS) is 17.9. The highest BCUT2D eigenvalue weighted by Crippen LogP contribution is 2.32. The number of carbonyl (C=O) groups is 3. The summed E-state index contributed by atoms with van der Waals surface area (Å²) < 4.78 is 21.5. The van der Waals surface area contributed by atoms with Crippen LogP contribution in [0, 0.1) is 5.92 Å². The lowest BCUT2D eigenvalue weighted by molar-refractivity contribution is -0.152. The second-order valence-corrected chi connectivity index (χ2v) is 9.16. The maximum Gasteiger partial charge on any atom is 0.417 e. The van der Waals surface area contributed by atoms with Crippen LogP contribution in [0.15, 0.2) is 48.5 Å². The molecule has 1 saturated heterocycles. The molecule has 2 atom stereocenters. The molecule has 8 heteroatoms. The molecular formula is C26H31NO7. The third kappa shape index (κ3) is 6.27. The van der Waals surface area contributed by atoms with Crippen LogP contribution in [0.5, 0.6) is 11.5 Å². The molecule has 1 aliphatic heterocycles. The minimum absolute atomic E-state index is 0.0459. The summed E-state index contributed by atoms with van der Waals surface area (Å²) in [7, 11) is 3.09. The molecule has 2 aromatic carbocycles. The van der Waals surface area contributed by atoms with Crippen molar-refractivity contribution in [1.82, 2.24) is 4.90 Å². The Morgan fingerprint density at radius 2 is 1.59 bits per heavy atom. The van der Waals surface area contributed by atoms with E-state index in [1.165, 1.54) is 0 Å². The van der Waals surface area contributed by atoms with Crippen LogP contribution in [0.2, 0.25) is 0 Å². The first-order valence-corrected chi connectivity index (χ1v) is 11.1. The average molecular weight is 470 g/mol. The van der Waals surface area contributed by atoms with Gasteiger partial charge in [0.2, 0.25) is 5.91 Å². The molecule has 0 saturated carbocycles. The van der Waals surface area contributed by atoms with E-state index in [1.54, 1.807) is 53.2 Å². The highest BCUT2D eigenvalue weighted by atomic mass is 16.6. The smallest absolute Gasteiger partial charge is 0.417 e. The van der Waals surface area contributed by atoms with Crippen LogP contribution in [0.4, 0.5) is 4.79 Å². The summed E-state index contributed by atoms with van der Waals surface area (Å²) in [6, 6.07) is 13.5. The number of hydrogen-bond acceptors (Lipinski definition) is 7. The molecule has 0 bridgehead atoms. The van der Waals surface area contributed by atoms with E-state index < -0.39 is 35.5 Å². The monoisotopic (exact) mass is 469 g/mol. The van der Waals surface area contributed by atoms with Crippen LogP contribution in [0.25, 0.3) is 0 Å². The first-order valence-electron chi connectivity index (χ1n) is 11.1. The largest absolute Gasteiger partial charge is 0.497 e. The maximum atomic E-state index is 13.3.